The van der Waals surface area contributed by atoms with Crippen molar-refractivity contribution in [2.75, 3.05) is 33.4 Å². The van der Waals surface area contributed by atoms with Crippen LogP contribution in [0.3, 0.4) is 0 Å². The summed E-state index contributed by atoms with van der Waals surface area (Å²) in [5.41, 5.74) is 3.15. The minimum atomic E-state index is -0.511. The van der Waals surface area contributed by atoms with Crippen molar-refractivity contribution in [2.45, 2.75) is 63.8 Å². The van der Waals surface area contributed by atoms with Gasteiger partial charge in [-0.3, -0.25) is 4.79 Å². The number of allylic oxidation sites excluding steroid dienone is 2. The minimum Gasteiger partial charge on any atom is -0.389 e. The van der Waals surface area contributed by atoms with Crippen LogP contribution < -0.4 is 5.32 Å². The molecule has 1 aromatic rings. The van der Waals surface area contributed by atoms with Gasteiger partial charge in [-0.1, -0.05) is 12.2 Å². The number of methoxy groups -OCH3 is 1. The molecule has 3 heterocycles. The van der Waals surface area contributed by atoms with E-state index in [1.54, 1.807) is 17.9 Å². The summed E-state index contributed by atoms with van der Waals surface area (Å²) in [6.45, 7) is 6.68. The number of piperidine rings is 1. The minimum absolute atomic E-state index is 0.0491. The van der Waals surface area contributed by atoms with Crippen molar-refractivity contribution in [2.24, 2.45) is 0 Å². The molecular formula is C23H34N4O4. The molecule has 2 fully saturated rings. The number of hydrogen-bond donors (Lipinski definition) is 2. The molecule has 2 aliphatic heterocycles. The molecule has 2 saturated heterocycles. The number of hydrogen-bond acceptors (Lipinski definition) is 6. The highest BCUT2D eigenvalue weighted by atomic mass is 16.5. The van der Waals surface area contributed by atoms with Crippen LogP contribution in [-0.4, -0.2) is 83.4 Å². The van der Waals surface area contributed by atoms with Crippen LogP contribution in [0.1, 0.15) is 47.4 Å². The van der Waals surface area contributed by atoms with Gasteiger partial charge >= 0.3 is 0 Å². The van der Waals surface area contributed by atoms with Gasteiger partial charge in [-0.25, -0.2) is 4.68 Å². The van der Waals surface area contributed by atoms with Gasteiger partial charge in [0.05, 0.1) is 35.8 Å². The number of rotatable bonds is 5. The Morgan fingerprint density at radius 3 is 2.77 bits per heavy atom. The largest absolute Gasteiger partial charge is 0.389 e. The molecule has 8 nitrogen and oxygen atoms in total. The Kier molecular flexibility index (Phi) is 6.91. The van der Waals surface area contributed by atoms with Crippen molar-refractivity contribution in [1.29, 1.82) is 0 Å². The number of nitrogens with one attached hydrogen (secondary N) is 1. The number of aliphatic hydroxyl groups excluding tert-OH is 1. The maximum Gasteiger partial charge on any atom is 0.257 e. The van der Waals surface area contributed by atoms with Crippen molar-refractivity contribution < 1.29 is 19.4 Å². The number of aliphatic hydroxyl groups is 1. The highest BCUT2D eigenvalue weighted by Gasteiger charge is 2.32. The SMILES string of the molecule is CO[C@H]1COCC[C@H]1NC1CCN(C(=O)c2c(C)nn(C3=CC=CC(O)C3)c2C)CC1. The van der Waals surface area contributed by atoms with Crippen LogP contribution in [0.25, 0.3) is 5.70 Å². The lowest BCUT2D eigenvalue weighted by molar-refractivity contribution is -0.0533. The lowest BCUT2D eigenvalue weighted by Crippen LogP contribution is -2.54. The van der Waals surface area contributed by atoms with Crippen LogP contribution in [0.2, 0.25) is 0 Å². The summed E-state index contributed by atoms with van der Waals surface area (Å²) in [4.78, 5) is 15.3. The van der Waals surface area contributed by atoms with Crippen LogP contribution in [0.5, 0.6) is 0 Å². The molecule has 1 aromatic heterocycles. The Morgan fingerprint density at radius 1 is 1.29 bits per heavy atom. The molecule has 0 saturated carbocycles. The molecule has 170 valence electrons. The summed E-state index contributed by atoms with van der Waals surface area (Å²) in [7, 11) is 1.74. The molecule has 0 aromatic carbocycles. The zero-order valence-corrected chi connectivity index (χ0v) is 18.7. The number of aryl methyl sites for hydroxylation is 1. The van der Waals surface area contributed by atoms with Gasteiger partial charge in [0.15, 0.2) is 0 Å². The average Bonchev–Trinajstić information content (AvgIpc) is 3.08. The van der Waals surface area contributed by atoms with Crippen LogP contribution in [0.15, 0.2) is 18.2 Å². The third kappa shape index (κ3) is 4.77. The fourth-order valence-corrected chi connectivity index (χ4v) is 4.88. The van der Waals surface area contributed by atoms with E-state index in [0.717, 1.165) is 56.0 Å². The molecule has 1 unspecified atom stereocenters. The van der Waals surface area contributed by atoms with Crippen molar-refractivity contribution in [3.63, 3.8) is 0 Å². The predicted molar refractivity (Wildman–Crippen MR) is 118 cm³/mol. The second-order valence-electron chi connectivity index (χ2n) is 8.75. The summed E-state index contributed by atoms with van der Waals surface area (Å²) in [5, 5.41) is 18.3. The standard InChI is InChI=1S/C23H34N4O4/c1-15-22(16(2)27(25-15)18-5-4-6-19(28)13-18)23(29)26-10-7-17(8-11-26)24-20-9-12-31-14-21(20)30-3/h4-6,17,19-21,24,28H,7-14H2,1-3H3/t19?,20-,21+/m1/s1. The second-order valence-corrected chi connectivity index (χ2v) is 8.75. The fraction of sp³-hybridized carbons (Fsp3) is 0.652. The average molecular weight is 431 g/mol. The lowest BCUT2D eigenvalue weighted by Gasteiger charge is -2.38. The fourth-order valence-electron chi connectivity index (χ4n) is 4.88. The van der Waals surface area contributed by atoms with Gasteiger partial charge in [0.2, 0.25) is 0 Å². The first-order chi connectivity index (χ1) is 15.0. The molecule has 1 amide bonds. The number of ether oxygens (including phenoxy) is 2. The Hall–Kier alpha value is -2.00. The van der Waals surface area contributed by atoms with Gasteiger partial charge in [0.25, 0.3) is 5.91 Å². The summed E-state index contributed by atoms with van der Waals surface area (Å²) >= 11 is 0. The van der Waals surface area contributed by atoms with E-state index >= 15 is 0 Å². The number of likely N-dealkylation sites (tertiary alicyclic amines) is 1. The van der Waals surface area contributed by atoms with Gasteiger partial charge in [-0.05, 0) is 39.2 Å². The van der Waals surface area contributed by atoms with E-state index in [9.17, 15) is 9.90 Å². The smallest absolute Gasteiger partial charge is 0.257 e. The van der Waals surface area contributed by atoms with Gasteiger partial charge in [-0.2, -0.15) is 5.10 Å². The van der Waals surface area contributed by atoms with Gasteiger partial charge in [-0.15, -0.1) is 0 Å². The summed E-state index contributed by atoms with van der Waals surface area (Å²) in [6.07, 6.45) is 8.42. The summed E-state index contributed by atoms with van der Waals surface area (Å²) < 4.78 is 12.9. The van der Waals surface area contributed by atoms with Gasteiger partial charge in [0, 0.05) is 51.0 Å². The Morgan fingerprint density at radius 2 is 2.06 bits per heavy atom. The molecule has 31 heavy (non-hydrogen) atoms. The third-order valence-electron chi connectivity index (χ3n) is 6.66. The maximum absolute atomic E-state index is 13.3. The first kappa shape index (κ1) is 22.2. The lowest BCUT2D eigenvalue weighted by atomic mass is 9.99. The van der Waals surface area contributed by atoms with Crippen LogP contribution in [0, 0.1) is 13.8 Å². The Labute approximate surface area is 183 Å². The third-order valence-corrected chi connectivity index (χ3v) is 6.66. The Bertz CT molecular complexity index is 854. The maximum atomic E-state index is 13.3. The summed E-state index contributed by atoms with van der Waals surface area (Å²) in [5.74, 6) is 0.0491. The van der Waals surface area contributed by atoms with Crippen molar-refractivity contribution in [3.05, 3.63) is 35.2 Å². The van der Waals surface area contributed by atoms with E-state index in [-0.39, 0.29) is 12.0 Å². The zero-order valence-electron chi connectivity index (χ0n) is 18.7. The second kappa shape index (κ2) is 9.65. The molecule has 3 atom stereocenters. The first-order valence-electron chi connectivity index (χ1n) is 11.3. The van der Waals surface area contributed by atoms with Crippen LogP contribution in [-0.2, 0) is 9.47 Å². The van der Waals surface area contributed by atoms with E-state index in [1.165, 1.54) is 0 Å². The summed E-state index contributed by atoms with van der Waals surface area (Å²) in [6, 6.07) is 0.692. The predicted octanol–water partition coefficient (Wildman–Crippen LogP) is 1.66. The molecule has 2 N–H and O–H groups in total. The first-order valence-corrected chi connectivity index (χ1v) is 11.3. The topological polar surface area (TPSA) is 88.9 Å². The molecule has 3 aliphatic rings. The normalized spacial score (nSPS) is 27.4. The molecule has 0 bridgehead atoms. The highest BCUT2D eigenvalue weighted by Crippen LogP contribution is 2.25. The van der Waals surface area contributed by atoms with E-state index < -0.39 is 6.10 Å². The van der Waals surface area contributed by atoms with E-state index in [0.29, 0.717) is 30.7 Å². The van der Waals surface area contributed by atoms with Crippen molar-refractivity contribution in [3.8, 4) is 0 Å². The molecular weight excluding hydrogens is 396 g/mol. The molecule has 0 radical (unpaired) electrons. The molecule has 1 aliphatic carbocycles. The van der Waals surface area contributed by atoms with E-state index in [4.69, 9.17) is 9.47 Å². The van der Waals surface area contributed by atoms with Crippen LogP contribution in [0.4, 0.5) is 0 Å². The van der Waals surface area contributed by atoms with Crippen molar-refractivity contribution >= 4 is 11.6 Å². The number of aromatic nitrogens is 2. The molecule has 0 spiro atoms. The van der Waals surface area contributed by atoms with E-state index in [2.05, 4.69) is 10.4 Å². The molecule has 8 heteroatoms. The number of nitrogens with zero attached hydrogens (tertiary/aromatic N) is 3. The quantitative estimate of drug-likeness (QED) is 0.739. The monoisotopic (exact) mass is 430 g/mol. The number of amides is 1. The number of carbonyl (C=O) groups is 1. The van der Waals surface area contributed by atoms with Crippen LogP contribution >= 0.6 is 0 Å². The van der Waals surface area contributed by atoms with Gasteiger partial charge < -0.3 is 24.8 Å². The van der Waals surface area contributed by atoms with E-state index in [1.807, 2.05) is 30.9 Å². The van der Waals surface area contributed by atoms with Gasteiger partial charge in [0.1, 0.15) is 0 Å². The zero-order chi connectivity index (χ0) is 22.0. The number of carbonyl (C=O) groups excluding carboxylic acids is 1. The Balaban J connectivity index is 1.39. The molecule has 4 rings (SSSR count). The van der Waals surface area contributed by atoms with Crippen molar-refractivity contribution in [1.82, 2.24) is 20.0 Å². The highest BCUT2D eigenvalue weighted by molar-refractivity contribution is 5.96.